The zero-order chi connectivity index (χ0) is 22.1. The van der Waals surface area contributed by atoms with Crippen molar-refractivity contribution in [2.75, 3.05) is 0 Å². The van der Waals surface area contributed by atoms with Crippen molar-refractivity contribution in [1.82, 2.24) is 4.90 Å². The lowest BCUT2D eigenvalue weighted by Gasteiger charge is -2.23. The van der Waals surface area contributed by atoms with E-state index in [0.29, 0.717) is 23.7 Å². The summed E-state index contributed by atoms with van der Waals surface area (Å²) in [6.07, 6.45) is 6.92. The summed E-state index contributed by atoms with van der Waals surface area (Å²) in [5.41, 5.74) is 5.21. The highest BCUT2D eigenvalue weighted by atomic mass is 35.5. The lowest BCUT2D eigenvalue weighted by molar-refractivity contribution is 0.0711. The summed E-state index contributed by atoms with van der Waals surface area (Å²) in [6.45, 7) is 1.05. The Hall–Kier alpha value is -3.37. The lowest BCUT2D eigenvalue weighted by Crippen LogP contribution is -2.33. The smallest absolute Gasteiger partial charge is 0.254 e. The van der Waals surface area contributed by atoms with E-state index in [-0.39, 0.29) is 11.9 Å². The number of ether oxygens (including phenoxy) is 1. The highest BCUT2D eigenvalue weighted by Crippen LogP contribution is 2.32. The summed E-state index contributed by atoms with van der Waals surface area (Å²) in [4.78, 5) is 25.9. The Morgan fingerprint density at radius 2 is 1.81 bits per heavy atom. The third-order valence-corrected chi connectivity index (χ3v) is 6.47. The van der Waals surface area contributed by atoms with Gasteiger partial charge in [-0.25, -0.2) is 0 Å². The molecule has 0 atom stereocenters. The SMILES string of the molecule is O=Cc1cc(-c2cccc(COc3ccc4c(c3)CN(C3CC=CC3)C4=O)c2)ccc1Cl. The van der Waals surface area contributed by atoms with Crippen LogP contribution in [0.1, 0.15) is 44.7 Å². The van der Waals surface area contributed by atoms with Crippen molar-refractivity contribution >= 4 is 23.8 Å². The molecule has 0 saturated heterocycles. The molecule has 4 nitrogen and oxygen atoms in total. The van der Waals surface area contributed by atoms with Gasteiger partial charge in [0.1, 0.15) is 12.4 Å². The number of fused-ring (bicyclic) bond motifs is 1. The van der Waals surface area contributed by atoms with Crippen LogP contribution in [0.25, 0.3) is 11.1 Å². The summed E-state index contributed by atoms with van der Waals surface area (Å²) >= 11 is 6.05. The van der Waals surface area contributed by atoms with E-state index < -0.39 is 0 Å². The quantitative estimate of drug-likeness (QED) is 0.343. The topological polar surface area (TPSA) is 46.6 Å². The molecule has 3 aromatic rings. The first kappa shape index (κ1) is 20.5. The molecule has 0 N–H and O–H groups in total. The highest BCUT2D eigenvalue weighted by molar-refractivity contribution is 6.33. The molecule has 1 amide bonds. The van der Waals surface area contributed by atoms with Gasteiger partial charge < -0.3 is 9.64 Å². The molecule has 5 heteroatoms. The molecular weight excluding hydrogens is 422 g/mol. The second-order valence-corrected chi connectivity index (χ2v) is 8.60. The van der Waals surface area contributed by atoms with Crippen LogP contribution in [-0.4, -0.2) is 23.1 Å². The minimum atomic E-state index is 0.116. The first-order valence-corrected chi connectivity index (χ1v) is 11.1. The van der Waals surface area contributed by atoms with Gasteiger partial charge in [0, 0.05) is 23.7 Å². The minimum absolute atomic E-state index is 0.116. The monoisotopic (exact) mass is 443 g/mol. The van der Waals surface area contributed by atoms with Crippen molar-refractivity contribution in [3.63, 3.8) is 0 Å². The molecule has 0 spiro atoms. The van der Waals surface area contributed by atoms with Gasteiger partial charge in [-0.15, -0.1) is 0 Å². The average Bonchev–Trinajstić information content (AvgIpc) is 3.46. The van der Waals surface area contributed by atoms with E-state index in [1.807, 2.05) is 53.4 Å². The number of carbonyl (C=O) groups excluding carboxylic acids is 2. The number of aldehydes is 1. The van der Waals surface area contributed by atoms with Gasteiger partial charge in [0.05, 0.1) is 5.02 Å². The fourth-order valence-electron chi connectivity index (χ4n) is 4.38. The van der Waals surface area contributed by atoms with Crippen LogP contribution in [0.2, 0.25) is 5.02 Å². The van der Waals surface area contributed by atoms with Gasteiger partial charge in [-0.1, -0.05) is 48.0 Å². The summed E-state index contributed by atoms with van der Waals surface area (Å²) < 4.78 is 6.05. The van der Waals surface area contributed by atoms with Crippen LogP contribution >= 0.6 is 11.6 Å². The molecule has 0 fully saturated rings. The normalized spacial score (nSPS) is 15.3. The number of hydrogen-bond acceptors (Lipinski definition) is 3. The van der Waals surface area contributed by atoms with Crippen LogP contribution in [0.15, 0.2) is 72.8 Å². The van der Waals surface area contributed by atoms with Crippen LogP contribution in [0, 0.1) is 0 Å². The van der Waals surface area contributed by atoms with Gasteiger partial charge in [0.15, 0.2) is 6.29 Å². The fourth-order valence-corrected chi connectivity index (χ4v) is 4.54. The van der Waals surface area contributed by atoms with E-state index in [9.17, 15) is 9.59 Å². The molecule has 0 unspecified atom stereocenters. The van der Waals surface area contributed by atoms with Gasteiger partial charge in [-0.2, -0.15) is 0 Å². The Morgan fingerprint density at radius 3 is 2.62 bits per heavy atom. The molecule has 32 heavy (non-hydrogen) atoms. The van der Waals surface area contributed by atoms with Crippen LogP contribution in [-0.2, 0) is 13.2 Å². The number of carbonyl (C=O) groups is 2. The molecule has 1 heterocycles. The predicted molar refractivity (Wildman–Crippen MR) is 125 cm³/mol. The highest BCUT2D eigenvalue weighted by Gasteiger charge is 2.32. The maximum absolute atomic E-state index is 12.7. The van der Waals surface area contributed by atoms with Gasteiger partial charge in [0.2, 0.25) is 0 Å². The summed E-state index contributed by atoms with van der Waals surface area (Å²) in [5, 5.41) is 0.445. The largest absolute Gasteiger partial charge is 0.489 e. The molecule has 0 radical (unpaired) electrons. The van der Waals surface area contributed by atoms with Crippen LogP contribution in [0.3, 0.4) is 0 Å². The molecule has 1 aliphatic carbocycles. The van der Waals surface area contributed by atoms with E-state index >= 15 is 0 Å². The van der Waals surface area contributed by atoms with Crippen LogP contribution < -0.4 is 4.74 Å². The third kappa shape index (κ3) is 3.94. The molecule has 3 aromatic carbocycles. The molecule has 160 valence electrons. The Morgan fingerprint density at radius 1 is 1.00 bits per heavy atom. The minimum Gasteiger partial charge on any atom is -0.489 e. The molecule has 1 aliphatic heterocycles. The predicted octanol–water partition coefficient (Wildman–Crippen LogP) is 6.07. The van der Waals surface area contributed by atoms with E-state index in [4.69, 9.17) is 16.3 Å². The standard InChI is InChI=1S/C27H22ClNO3/c28-26-11-8-20(13-22(26)16-30)19-5-3-4-18(12-19)17-32-24-9-10-25-21(14-24)15-29(27(25)31)23-6-1-2-7-23/h1-5,8-14,16,23H,6-7,15,17H2. The summed E-state index contributed by atoms with van der Waals surface area (Å²) in [6, 6.07) is 19.4. The van der Waals surface area contributed by atoms with Crippen molar-refractivity contribution in [3.8, 4) is 16.9 Å². The van der Waals surface area contributed by atoms with Crippen molar-refractivity contribution in [2.24, 2.45) is 0 Å². The molecular formula is C27H22ClNO3. The summed E-state index contributed by atoms with van der Waals surface area (Å²) in [7, 11) is 0. The molecule has 0 aromatic heterocycles. The zero-order valence-corrected chi connectivity index (χ0v) is 18.2. The Labute approximate surface area is 192 Å². The maximum atomic E-state index is 12.7. The van der Waals surface area contributed by atoms with Crippen molar-refractivity contribution < 1.29 is 14.3 Å². The third-order valence-electron chi connectivity index (χ3n) is 6.12. The zero-order valence-electron chi connectivity index (χ0n) is 17.5. The van der Waals surface area contributed by atoms with E-state index in [2.05, 4.69) is 12.2 Å². The van der Waals surface area contributed by atoms with Crippen molar-refractivity contribution in [1.29, 1.82) is 0 Å². The van der Waals surface area contributed by atoms with Crippen LogP contribution in [0.5, 0.6) is 5.75 Å². The van der Waals surface area contributed by atoms with E-state index in [1.165, 1.54) is 0 Å². The van der Waals surface area contributed by atoms with Crippen molar-refractivity contribution in [2.45, 2.75) is 32.0 Å². The number of halogens is 1. The first-order valence-electron chi connectivity index (χ1n) is 10.7. The van der Waals surface area contributed by atoms with Crippen LogP contribution in [0.4, 0.5) is 0 Å². The molecule has 0 bridgehead atoms. The van der Waals surface area contributed by atoms with Gasteiger partial charge in [-0.05, 0) is 71.5 Å². The number of nitrogens with zero attached hydrogens (tertiary/aromatic N) is 1. The van der Waals surface area contributed by atoms with E-state index in [1.54, 1.807) is 12.1 Å². The fraction of sp³-hybridized carbons (Fsp3) is 0.185. The number of amides is 1. The van der Waals surface area contributed by atoms with Gasteiger partial charge in [-0.3, -0.25) is 9.59 Å². The Bertz CT molecular complexity index is 1230. The van der Waals surface area contributed by atoms with Gasteiger partial charge in [0.25, 0.3) is 5.91 Å². The molecule has 0 saturated carbocycles. The Balaban J connectivity index is 1.29. The number of benzene rings is 3. The average molecular weight is 444 g/mol. The van der Waals surface area contributed by atoms with Crippen molar-refractivity contribution in [3.05, 3.63) is 100 Å². The number of rotatable bonds is 6. The second-order valence-electron chi connectivity index (χ2n) is 8.19. The second kappa shape index (κ2) is 8.64. The maximum Gasteiger partial charge on any atom is 0.254 e. The first-order chi connectivity index (χ1) is 15.6. The number of hydrogen-bond donors (Lipinski definition) is 0. The molecule has 2 aliphatic rings. The van der Waals surface area contributed by atoms with Gasteiger partial charge >= 0.3 is 0 Å². The van der Waals surface area contributed by atoms with E-state index in [0.717, 1.165) is 52.7 Å². The summed E-state index contributed by atoms with van der Waals surface area (Å²) in [5.74, 6) is 0.869. The Kier molecular flexibility index (Phi) is 5.54. The molecule has 5 rings (SSSR count). The lowest BCUT2D eigenvalue weighted by atomic mass is 10.0.